The van der Waals surface area contributed by atoms with Gasteiger partial charge in [-0.15, -0.1) is 0 Å². The number of carboxylic acid groups (broad SMARTS) is 1. The zero-order chi connectivity index (χ0) is 23.0. The largest absolute Gasteiger partial charge is 0.490 e. The third-order valence-electron chi connectivity index (χ3n) is 4.08. The van der Waals surface area contributed by atoms with E-state index in [1.54, 1.807) is 29.3 Å². The number of fused-ring (bicyclic) bond motifs is 1. The van der Waals surface area contributed by atoms with Gasteiger partial charge in [0.25, 0.3) is 5.24 Å². The highest BCUT2D eigenvalue weighted by Crippen LogP contribution is 2.30. The summed E-state index contributed by atoms with van der Waals surface area (Å²) in [5, 5.41) is 9.72. The second kappa shape index (κ2) is 10.8. The van der Waals surface area contributed by atoms with Crippen molar-refractivity contribution in [3.63, 3.8) is 0 Å². The van der Waals surface area contributed by atoms with Crippen LogP contribution in [0.4, 0.5) is 29.5 Å². The summed E-state index contributed by atoms with van der Waals surface area (Å²) in [6, 6.07) is 11.4. The van der Waals surface area contributed by atoms with Gasteiger partial charge in [0, 0.05) is 18.4 Å². The maximum Gasteiger partial charge on any atom is 0.490 e. The van der Waals surface area contributed by atoms with Crippen LogP contribution >= 0.6 is 11.8 Å². The summed E-state index contributed by atoms with van der Waals surface area (Å²) in [6.45, 7) is 2.75. The predicted octanol–water partition coefficient (Wildman–Crippen LogP) is 4.27. The van der Waals surface area contributed by atoms with Gasteiger partial charge >= 0.3 is 12.1 Å². The van der Waals surface area contributed by atoms with Gasteiger partial charge in [0.1, 0.15) is 5.82 Å². The number of hydrogen-bond acceptors (Lipinski definition) is 5. The smallest absolute Gasteiger partial charge is 0.475 e. The fraction of sp³-hybridized carbons (Fsp3) is 0.300. The van der Waals surface area contributed by atoms with Crippen molar-refractivity contribution in [3.05, 3.63) is 53.7 Å². The van der Waals surface area contributed by atoms with Crippen LogP contribution in [0.25, 0.3) is 0 Å². The predicted molar refractivity (Wildman–Crippen MR) is 111 cm³/mol. The zero-order valence-electron chi connectivity index (χ0n) is 16.5. The number of carbonyl (C=O) groups is 3. The number of nitrogens with one attached hydrogen (secondary N) is 1. The molecule has 2 amide bonds. The Balaban J connectivity index is 0.000000423. The maximum atomic E-state index is 12.5. The van der Waals surface area contributed by atoms with Crippen molar-refractivity contribution >= 4 is 40.4 Å². The Hall–Kier alpha value is -3.08. The lowest BCUT2D eigenvalue weighted by molar-refractivity contribution is -0.192. The van der Waals surface area contributed by atoms with E-state index in [1.807, 2.05) is 12.1 Å². The van der Waals surface area contributed by atoms with E-state index in [0.717, 1.165) is 30.3 Å². The Labute approximate surface area is 180 Å². The number of halogens is 3. The van der Waals surface area contributed by atoms with Gasteiger partial charge in [-0.2, -0.15) is 13.2 Å². The van der Waals surface area contributed by atoms with Crippen LogP contribution in [0, 0.1) is 6.92 Å². The molecule has 0 fully saturated rings. The number of aryl methyl sites for hydroxylation is 2. The molecule has 11 heteroatoms. The van der Waals surface area contributed by atoms with Gasteiger partial charge < -0.3 is 15.3 Å². The summed E-state index contributed by atoms with van der Waals surface area (Å²) in [6.07, 6.45) is -1.53. The highest BCUT2D eigenvalue weighted by Gasteiger charge is 2.38. The van der Waals surface area contributed by atoms with Crippen LogP contribution in [0.1, 0.15) is 17.5 Å². The molecule has 0 spiro atoms. The van der Waals surface area contributed by atoms with Crippen LogP contribution in [0.2, 0.25) is 0 Å². The molecule has 2 aromatic rings. The second-order valence-electron chi connectivity index (χ2n) is 6.51. The molecule has 2 heterocycles. The van der Waals surface area contributed by atoms with Gasteiger partial charge in [0.2, 0.25) is 5.91 Å². The van der Waals surface area contributed by atoms with E-state index in [2.05, 4.69) is 23.3 Å². The number of benzene rings is 1. The van der Waals surface area contributed by atoms with Gasteiger partial charge in [0.05, 0.1) is 5.75 Å². The van der Waals surface area contributed by atoms with Crippen molar-refractivity contribution in [2.75, 3.05) is 22.5 Å². The summed E-state index contributed by atoms with van der Waals surface area (Å²) in [5.74, 6) is -2.41. The number of amides is 2. The lowest BCUT2D eigenvalue weighted by Gasteiger charge is -2.29. The summed E-state index contributed by atoms with van der Waals surface area (Å²) < 4.78 is 31.7. The number of carboxylic acids is 1. The Morgan fingerprint density at radius 3 is 2.55 bits per heavy atom. The molecule has 0 aliphatic carbocycles. The second-order valence-corrected chi connectivity index (χ2v) is 7.43. The quantitative estimate of drug-likeness (QED) is 0.717. The zero-order valence-corrected chi connectivity index (χ0v) is 17.3. The standard InChI is InChI=1S/C18H19N3O2S.C2HF3O2/c1-13-7-8-15-14(11-13)5-4-10-21(15)18(23)24-12-17(22)20-16-6-2-3-9-19-16;3-2(4,5)1(6)7/h2-3,6-9,11H,4-5,10,12H2,1H3,(H,19,20,22);(H,6,7). The summed E-state index contributed by atoms with van der Waals surface area (Å²) in [5.41, 5.74) is 3.37. The average molecular weight is 455 g/mol. The van der Waals surface area contributed by atoms with E-state index < -0.39 is 12.1 Å². The lowest BCUT2D eigenvalue weighted by Crippen LogP contribution is -2.33. The van der Waals surface area contributed by atoms with Crippen molar-refractivity contribution in [1.29, 1.82) is 0 Å². The fourth-order valence-corrected chi connectivity index (χ4v) is 3.41. The van der Waals surface area contributed by atoms with E-state index in [1.165, 1.54) is 11.1 Å². The minimum Gasteiger partial charge on any atom is -0.475 e. The Morgan fingerprint density at radius 1 is 1.23 bits per heavy atom. The van der Waals surface area contributed by atoms with Gasteiger partial charge in [-0.25, -0.2) is 9.78 Å². The van der Waals surface area contributed by atoms with Crippen LogP contribution < -0.4 is 10.2 Å². The van der Waals surface area contributed by atoms with Crippen LogP contribution in [0.15, 0.2) is 42.6 Å². The molecule has 0 saturated heterocycles. The first kappa shape index (κ1) is 24.2. The van der Waals surface area contributed by atoms with Crippen LogP contribution in [0.5, 0.6) is 0 Å². The summed E-state index contributed by atoms with van der Waals surface area (Å²) in [4.78, 5) is 39.2. The van der Waals surface area contributed by atoms with E-state index in [0.29, 0.717) is 12.4 Å². The first-order valence-electron chi connectivity index (χ1n) is 9.12. The SMILES string of the molecule is Cc1ccc2c(c1)CCCN2C(=O)SCC(=O)Nc1ccccn1.O=C(O)C(F)(F)F. The highest BCUT2D eigenvalue weighted by molar-refractivity contribution is 8.14. The highest BCUT2D eigenvalue weighted by atomic mass is 32.2. The molecule has 0 unspecified atom stereocenters. The number of nitrogens with zero attached hydrogens (tertiary/aromatic N) is 2. The first-order chi connectivity index (χ1) is 14.6. The summed E-state index contributed by atoms with van der Waals surface area (Å²) >= 11 is 1.03. The minimum atomic E-state index is -5.08. The Kier molecular flexibility index (Phi) is 8.43. The molecular weight excluding hydrogens is 435 g/mol. The van der Waals surface area contributed by atoms with Crippen molar-refractivity contribution in [2.24, 2.45) is 0 Å². The lowest BCUT2D eigenvalue weighted by atomic mass is 10.0. The molecule has 0 atom stereocenters. The molecule has 0 radical (unpaired) electrons. The summed E-state index contributed by atoms with van der Waals surface area (Å²) in [7, 11) is 0. The number of aromatic nitrogens is 1. The van der Waals surface area contributed by atoms with Crippen molar-refractivity contribution in [3.8, 4) is 0 Å². The van der Waals surface area contributed by atoms with Crippen molar-refractivity contribution in [1.82, 2.24) is 4.98 Å². The number of thioether (sulfide) groups is 1. The number of anilines is 2. The molecule has 1 aromatic heterocycles. The molecule has 1 aliphatic heterocycles. The molecule has 31 heavy (non-hydrogen) atoms. The monoisotopic (exact) mass is 455 g/mol. The third kappa shape index (κ3) is 7.59. The van der Waals surface area contributed by atoms with Gasteiger partial charge in [0.15, 0.2) is 0 Å². The number of rotatable bonds is 3. The molecule has 0 saturated carbocycles. The number of alkyl halides is 3. The number of pyridine rings is 1. The van der Waals surface area contributed by atoms with Crippen LogP contribution in [0.3, 0.4) is 0 Å². The topological polar surface area (TPSA) is 99.6 Å². The van der Waals surface area contributed by atoms with E-state index in [9.17, 15) is 22.8 Å². The molecule has 1 aromatic carbocycles. The third-order valence-corrected chi connectivity index (χ3v) is 4.95. The van der Waals surface area contributed by atoms with E-state index in [-0.39, 0.29) is 16.9 Å². The fourth-order valence-electron chi connectivity index (χ4n) is 2.74. The number of hydrogen-bond donors (Lipinski definition) is 2. The first-order valence-corrected chi connectivity index (χ1v) is 10.1. The minimum absolute atomic E-state index is 0.0765. The van der Waals surface area contributed by atoms with E-state index >= 15 is 0 Å². The van der Waals surface area contributed by atoms with Gasteiger partial charge in [-0.1, -0.05) is 35.5 Å². The van der Waals surface area contributed by atoms with Crippen LogP contribution in [-0.2, 0) is 16.0 Å². The molecule has 166 valence electrons. The normalized spacial score (nSPS) is 12.8. The molecular formula is C20H20F3N3O4S. The number of carbonyl (C=O) groups excluding carboxylic acids is 2. The average Bonchev–Trinajstić information content (AvgIpc) is 2.72. The Morgan fingerprint density at radius 2 is 1.94 bits per heavy atom. The molecule has 3 rings (SSSR count). The molecule has 7 nitrogen and oxygen atoms in total. The molecule has 2 N–H and O–H groups in total. The van der Waals surface area contributed by atoms with Crippen molar-refractivity contribution in [2.45, 2.75) is 25.9 Å². The number of aliphatic carboxylic acids is 1. The van der Waals surface area contributed by atoms with Crippen LogP contribution in [-0.4, -0.2) is 45.7 Å². The molecule has 1 aliphatic rings. The Bertz CT molecular complexity index is 939. The van der Waals surface area contributed by atoms with Crippen molar-refractivity contribution < 1.29 is 32.7 Å². The van der Waals surface area contributed by atoms with Gasteiger partial charge in [-0.05, 0) is 43.5 Å². The van der Waals surface area contributed by atoms with Gasteiger partial charge in [-0.3, -0.25) is 9.59 Å². The molecule has 0 bridgehead atoms. The van der Waals surface area contributed by atoms with E-state index in [4.69, 9.17) is 9.90 Å². The maximum absolute atomic E-state index is 12.5.